The maximum absolute atomic E-state index is 12.4. The van der Waals surface area contributed by atoms with Gasteiger partial charge in [0.15, 0.2) is 0 Å². The van der Waals surface area contributed by atoms with Gasteiger partial charge in [0, 0.05) is 28.8 Å². The van der Waals surface area contributed by atoms with Gasteiger partial charge in [0.1, 0.15) is 4.90 Å². The molecule has 1 saturated carbocycles. The molecule has 0 spiro atoms. The molecule has 0 aliphatic heterocycles. The van der Waals surface area contributed by atoms with Crippen molar-refractivity contribution in [2.24, 2.45) is 5.41 Å². The fraction of sp³-hybridized carbons (Fsp3) is 0.385. The number of nitrogens with two attached hydrogens (primary N) is 1. The molecule has 1 heterocycles. The van der Waals surface area contributed by atoms with Crippen molar-refractivity contribution in [3.05, 3.63) is 24.4 Å². The predicted octanol–water partition coefficient (Wildman–Crippen LogP) is 1.83. The van der Waals surface area contributed by atoms with E-state index in [1.807, 2.05) is 0 Å². The highest BCUT2D eigenvalue weighted by Crippen LogP contribution is 2.45. The van der Waals surface area contributed by atoms with Gasteiger partial charge in [-0.1, -0.05) is 13.8 Å². The van der Waals surface area contributed by atoms with E-state index in [0.29, 0.717) is 11.1 Å². The topological polar surface area (TPSA) is 88.0 Å². The molecule has 0 amide bonds. The molecule has 1 aromatic heterocycles. The van der Waals surface area contributed by atoms with Gasteiger partial charge in [-0.05, 0) is 30.0 Å². The summed E-state index contributed by atoms with van der Waals surface area (Å²) >= 11 is 0. The lowest BCUT2D eigenvalue weighted by Crippen LogP contribution is -2.28. The molecule has 102 valence electrons. The summed E-state index contributed by atoms with van der Waals surface area (Å²) in [6, 6.07) is 5.19. The lowest BCUT2D eigenvalue weighted by atomic mass is 10.2. The SMILES string of the molecule is CC1(C)CC1NS(=O)(=O)c1c[nH]c2cc(N)ccc12. The summed E-state index contributed by atoms with van der Waals surface area (Å²) in [6.45, 7) is 4.10. The van der Waals surface area contributed by atoms with Crippen LogP contribution in [0.3, 0.4) is 0 Å². The minimum atomic E-state index is -3.49. The van der Waals surface area contributed by atoms with Gasteiger partial charge in [-0.2, -0.15) is 0 Å². The summed E-state index contributed by atoms with van der Waals surface area (Å²) < 4.78 is 27.5. The van der Waals surface area contributed by atoms with Crippen LogP contribution in [0.25, 0.3) is 10.9 Å². The second-order valence-corrected chi connectivity index (χ2v) is 7.51. The number of rotatable bonds is 3. The largest absolute Gasteiger partial charge is 0.399 e. The van der Waals surface area contributed by atoms with Crippen LogP contribution in [0.5, 0.6) is 0 Å². The number of aromatic amines is 1. The second kappa shape index (κ2) is 3.74. The van der Waals surface area contributed by atoms with Crippen LogP contribution in [0, 0.1) is 5.41 Å². The average molecular weight is 279 g/mol. The Bertz CT molecular complexity index is 746. The van der Waals surface area contributed by atoms with E-state index in [4.69, 9.17) is 5.73 Å². The molecule has 1 fully saturated rings. The molecule has 0 bridgehead atoms. The van der Waals surface area contributed by atoms with Gasteiger partial charge in [0.25, 0.3) is 0 Å². The van der Waals surface area contributed by atoms with Gasteiger partial charge in [-0.15, -0.1) is 0 Å². The van der Waals surface area contributed by atoms with Gasteiger partial charge in [-0.3, -0.25) is 0 Å². The summed E-state index contributed by atoms with van der Waals surface area (Å²) in [5.74, 6) is 0. The Morgan fingerprint density at radius 1 is 1.42 bits per heavy atom. The van der Waals surface area contributed by atoms with Crippen LogP contribution in [0.15, 0.2) is 29.3 Å². The first-order valence-corrected chi connectivity index (χ1v) is 7.67. The Balaban J connectivity index is 1.99. The summed E-state index contributed by atoms with van der Waals surface area (Å²) in [7, 11) is -3.49. The molecular formula is C13H17N3O2S. The van der Waals surface area contributed by atoms with E-state index in [1.54, 1.807) is 18.2 Å². The van der Waals surface area contributed by atoms with Crippen LogP contribution in [-0.4, -0.2) is 19.4 Å². The zero-order valence-electron chi connectivity index (χ0n) is 10.9. The van der Waals surface area contributed by atoms with Crippen LogP contribution in [-0.2, 0) is 10.0 Å². The van der Waals surface area contributed by atoms with Gasteiger partial charge < -0.3 is 10.7 Å². The number of sulfonamides is 1. The van der Waals surface area contributed by atoms with Gasteiger partial charge in [0.2, 0.25) is 10.0 Å². The normalized spacial score (nSPS) is 21.7. The van der Waals surface area contributed by atoms with E-state index in [1.165, 1.54) is 6.20 Å². The van der Waals surface area contributed by atoms with Crippen LogP contribution < -0.4 is 10.5 Å². The fourth-order valence-electron chi connectivity index (χ4n) is 2.26. The van der Waals surface area contributed by atoms with E-state index in [2.05, 4.69) is 23.6 Å². The molecule has 19 heavy (non-hydrogen) atoms. The lowest BCUT2D eigenvalue weighted by Gasteiger charge is -2.07. The Morgan fingerprint density at radius 3 is 2.74 bits per heavy atom. The van der Waals surface area contributed by atoms with Crippen LogP contribution in [0.1, 0.15) is 20.3 Å². The Hall–Kier alpha value is -1.53. The van der Waals surface area contributed by atoms with Crippen molar-refractivity contribution in [1.82, 2.24) is 9.71 Å². The van der Waals surface area contributed by atoms with Crippen molar-refractivity contribution in [1.29, 1.82) is 0 Å². The van der Waals surface area contributed by atoms with E-state index in [0.717, 1.165) is 11.9 Å². The highest BCUT2D eigenvalue weighted by molar-refractivity contribution is 7.89. The quantitative estimate of drug-likeness (QED) is 0.749. The summed E-state index contributed by atoms with van der Waals surface area (Å²) in [4.78, 5) is 3.23. The van der Waals surface area contributed by atoms with E-state index in [9.17, 15) is 8.42 Å². The molecule has 1 aromatic carbocycles. The second-order valence-electron chi connectivity index (χ2n) is 5.82. The number of fused-ring (bicyclic) bond motifs is 1. The number of hydrogen-bond acceptors (Lipinski definition) is 3. The average Bonchev–Trinajstić information content (AvgIpc) is 2.74. The van der Waals surface area contributed by atoms with E-state index in [-0.39, 0.29) is 16.4 Å². The molecular weight excluding hydrogens is 262 g/mol. The zero-order valence-corrected chi connectivity index (χ0v) is 11.7. The predicted molar refractivity (Wildman–Crippen MR) is 75.2 cm³/mol. The Morgan fingerprint density at radius 2 is 2.11 bits per heavy atom. The smallest absolute Gasteiger partial charge is 0.242 e. The molecule has 3 rings (SSSR count). The third kappa shape index (κ3) is 2.11. The molecule has 5 nitrogen and oxygen atoms in total. The number of nitrogen functional groups attached to an aromatic ring is 1. The molecule has 1 aliphatic carbocycles. The Labute approximate surface area is 112 Å². The van der Waals surface area contributed by atoms with E-state index < -0.39 is 10.0 Å². The number of nitrogens with one attached hydrogen (secondary N) is 2. The third-order valence-corrected chi connectivity index (χ3v) is 5.28. The van der Waals surface area contributed by atoms with Crippen LogP contribution >= 0.6 is 0 Å². The molecule has 2 aromatic rings. The summed E-state index contributed by atoms with van der Waals surface area (Å²) in [5.41, 5.74) is 7.08. The Kier molecular flexibility index (Phi) is 2.46. The standard InChI is InChI=1S/C13H17N3O2S/c1-13(2)6-12(13)16-19(17,18)11-7-15-10-5-8(14)3-4-9(10)11/h3-5,7,12,15-16H,6,14H2,1-2H3. The van der Waals surface area contributed by atoms with Crippen LogP contribution in [0.4, 0.5) is 5.69 Å². The monoisotopic (exact) mass is 279 g/mol. The number of H-pyrrole nitrogens is 1. The highest BCUT2D eigenvalue weighted by Gasteiger charge is 2.48. The first-order valence-electron chi connectivity index (χ1n) is 6.18. The van der Waals surface area contributed by atoms with Gasteiger partial charge in [0.05, 0.1) is 0 Å². The molecule has 4 N–H and O–H groups in total. The lowest BCUT2D eigenvalue weighted by molar-refractivity contribution is 0.555. The number of hydrogen-bond donors (Lipinski definition) is 3. The first-order chi connectivity index (χ1) is 8.79. The summed E-state index contributed by atoms with van der Waals surface area (Å²) in [6.07, 6.45) is 2.39. The molecule has 0 radical (unpaired) electrons. The number of anilines is 1. The van der Waals surface area contributed by atoms with Crippen molar-refractivity contribution in [3.8, 4) is 0 Å². The minimum absolute atomic E-state index is 0.0243. The van der Waals surface area contributed by atoms with Crippen molar-refractivity contribution in [3.63, 3.8) is 0 Å². The number of aromatic nitrogens is 1. The van der Waals surface area contributed by atoms with E-state index >= 15 is 0 Å². The highest BCUT2D eigenvalue weighted by atomic mass is 32.2. The van der Waals surface area contributed by atoms with Crippen molar-refractivity contribution in [2.45, 2.75) is 31.2 Å². The molecule has 6 heteroatoms. The molecule has 1 aliphatic rings. The molecule has 0 saturated heterocycles. The maximum Gasteiger partial charge on any atom is 0.242 e. The van der Waals surface area contributed by atoms with Crippen molar-refractivity contribution >= 4 is 26.6 Å². The van der Waals surface area contributed by atoms with Crippen LogP contribution in [0.2, 0.25) is 0 Å². The zero-order chi connectivity index (χ0) is 13.8. The first kappa shape index (κ1) is 12.5. The third-order valence-electron chi connectivity index (χ3n) is 3.77. The van der Waals surface area contributed by atoms with Crippen molar-refractivity contribution < 1.29 is 8.42 Å². The fourth-order valence-corrected chi connectivity index (χ4v) is 3.84. The maximum atomic E-state index is 12.4. The van der Waals surface area contributed by atoms with Gasteiger partial charge >= 0.3 is 0 Å². The molecule has 1 atom stereocenters. The minimum Gasteiger partial charge on any atom is -0.399 e. The van der Waals surface area contributed by atoms with Crippen molar-refractivity contribution in [2.75, 3.05) is 5.73 Å². The summed E-state index contributed by atoms with van der Waals surface area (Å²) in [5, 5.41) is 0.667. The van der Waals surface area contributed by atoms with Gasteiger partial charge in [-0.25, -0.2) is 13.1 Å². The molecule has 1 unspecified atom stereocenters. The number of benzene rings is 1.